The first-order valence-corrected chi connectivity index (χ1v) is 11.9. The van der Waals surface area contributed by atoms with Crippen molar-refractivity contribution in [3.05, 3.63) is 96.1 Å². The third-order valence-corrected chi connectivity index (χ3v) is 4.97. The first-order chi connectivity index (χ1) is 18.0. The number of para-hydroxylation sites is 1. The fourth-order valence-electron chi connectivity index (χ4n) is 3.29. The fourth-order valence-corrected chi connectivity index (χ4v) is 3.29. The van der Waals surface area contributed by atoms with E-state index in [4.69, 9.17) is 18.9 Å². The zero-order chi connectivity index (χ0) is 26.5. The molecular weight excluding hydrogens is 472 g/mol. The van der Waals surface area contributed by atoms with Crippen LogP contribution in [-0.4, -0.2) is 37.9 Å². The summed E-state index contributed by atoms with van der Waals surface area (Å²) in [4.78, 5) is 24.7. The second-order valence-corrected chi connectivity index (χ2v) is 7.67. The van der Waals surface area contributed by atoms with Crippen molar-refractivity contribution in [2.75, 3.05) is 19.8 Å². The highest BCUT2D eigenvalue weighted by Crippen LogP contribution is 2.29. The molecule has 1 amide bonds. The summed E-state index contributed by atoms with van der Waals surface area (Å²) >= 11 is 0. The minimum Gasteiger partial charge on any atom is -0.494 e. The van der Waals surface area contributed by atoms with Crippen molar-refractivity contribution >= 4 is 18.1 Å². The van der Waals surface area contributed by atoms with Gasteiger partial charge in [0.05, 0.1) is 25.0 Å². The van der Waals surface area contributed by atoms with E-state index in [9.17, 15) is 9.59 Å². The number of rotatable bonds is 13. The minimum atomic E-state index is -0.521. The van der Waals surface area contributed by atoms with E-state index in [0.717, 1.165) is 5.56 Å². The molecule has 0 unspecified atom stereocenters. The van der Waals surface area contributed by atoms with Crippen LogP contribution in [0.5, 0.6) is 23.0 Å². The molecule has 0 aliphatic heterocycles. The number of nitrogens with one attached hydrogen (secondary N) is 1. The molecule has 0 heterocycles. The third-order valence-electron chi connectivity index (χ3n) is 4.97. The molecule has 0 radical (unpaired) electrons. The maximum absolute atomic E-state index is 12.6. The van der Waals surface area contributed by atoms with Crippen LogP contribution in [0.15, 0.2) is 84.5 Å². The number of carbonyl (C=O) groups excluding carboxylic acids is 2. The average molecular weight is 503 g/mol. The number of hydrazone groups is 1. The number of hydrogen-bond donors (Lipinski definition) is 1. The molecule has 3 aromatic rings. The molecule has 1 N–H and O–H groups in total. The quantitative estimate of drug-likeness (QED) is 0.117. The molecule has 192 valence electrons. The molecule has 37 heavy (non-hydrogen) atoms. The molecular formula is C29H30N2O6. The molecule has 0 fully saturated rings. The van der Waals surface area contributed by atoms with Gasteiger partial charge in [0.2, 0.25) is 0 Å². The molecule has 0 atom stereocenters. The van der Waals surface area contributed by atoms with Crippen LogP contribution >= 0.6 is 0 Å². The molecule has 8 heteroatoms. The Hall–Kier alpha value is -4.59. The molecule has 0 spiro atoms. The summed E-state index contributed by atoms with van der Waals surface area (Å²) in [5.41, 5.74) is 4.40. The van der Waals surface area contributed by atoms with Gasteiger partial charge >= 0.3 is 5.97 Å². The highest BCUT2D eigenvalue weighted by atomic mass is 16.6. The number of allylic oxidation sites excluding steroid dienone is 1. The first kappa shape index (κ1) is 27.0. The van der Waals surface area contributed by atoms with E-state index >= 15 is 0 Å². The van der Waals surface area contributed by atoms with Gasteiger partial charge < -0.3 is 18.9 Å². The Morgan fingerprint density at radius 2 is 1.65 bits per heavy atom. The number of esters is 1. The lowest BCUT2D eigenvalue weighted by molar-refractivity contribution is -0.123. The number of nitrogens with zero attached hydrogens (tertiary/aromatic N) is 1. The summed E-state index contributed by atoms with van der Waals surface area (Å²) in [7, 11) is 0. The van der Waals surface area contributed by atoms with E-state index in [1.54, 1.807) is 54.6 Å². The van der Waals surface area contributed by atoms with Gasteiger partial charge in [-0.1, -0.05) is 24.3 Å². The van der Waals surface area contributed by atoms with Crippen LogP contribution in [-0.2, 0) is 11.2 Å². The second-order valence-electron chi connectivity index (χ2n) is 7.67. The van der Waals surface area contributed by atoms with Crippen molar-refractivity contribution in [3.8, 4) is 23.0 Å². The van der Waals surface area contributed by atoms with Crippen molar-refractivity contribution in [2.45, 2.75) is 20.3 Å². The first-order valence-electron chi connectivity index (χ1n) is 11.9. The van der Waals surface area contributed by atoms with Crippen molar-refractivity contribution in [1.29, 1.82) is 0 Å². The lowest BCUT2D eigenvalue weighted by atomic mass is 10.1. The van der Waals surface area contributed by atoms with Crippen LogP contribution in [0.25, 0.3) is 0 Å². The van der Waals surface area contributed by atoms with Gasteiger partial charge in [-0.3, -0.25) is 4.79 Å². The van der Waals surface area contributed by atoms with Crippen LogP contribution < -0.4 is 24.4 Å². The Kier molecular flexibility index (Phi) is 10.3. The molecule has 8 nitrogen and oxygen atoms in total. The Morgan fingerprint density at radius 3 is 2.38 bits per heavy atom. The van der Waals surface area contributed by atoms with E-state index in [-0.39, 0.29) is 12.4 Å². The Morgan fingerprint density at radius 1 is 0.892 bits per heavy atom. The van der Waals surface area contributed by atoms with E-state index in [2.05, 4.69) is 17.1 Å². The summed E-state index contributed by atoms with van der Waals surface area (Å²) in [6, 6.07) is 19.1. The standard InChI is InChI=1S/C29H30N2O6/c1-4-9-22-10-7-8-11-25(22)36-20-28(32)31-30-19-21-12-17-26(27(18-21)35-6-3)37-29(33)23-13-15-24(16-14-23)34-5-2/h4,7-8,10-19H,1,5-6,9,20H2,2-3H3,(H,31,32). The molecule has 0 aliphatic rings. The summed E-state index contributed by atoms with van der Waals surface area (Å²) in [5, 5.41) is 3.98. The number of carbonyl (C=O) groups is 2. The van der Waals surface area contributed by atoms with E-state index in [0.29, 0.717) is 48.0 Å². The predicted molar refractivity (Wildman–Crippen MR) is 142 cm³/mol. The van der Waals surface area contributed by atoms with E-state index in [1.165, 1.54) is 6.21 Å². The third kappa shape index (κ3) is 8.24. The molecule has 0 saturated carbocycles. The Labute approximate surface area is 216 Å². The van der Waals surface area contributed by atoms with Gasteiger partial charge in [0.25, 0.3) is 5.91 Å². The Balaban J connectivity index is 1.59. The molecule has 0 bridgehead atoms. The average Bonchev–Trinajstić information content (AvgIpc) is 2.90. The van der Waals surface area contributed by atoms with Crippen LogP contribution in [0.2, 0.25) is 0 Å². The zero-order valence-electron chi connectivity index (χ0n) is 20.9. The van der Waals surface area contributed by atoms with Gasteiger partial charge in [0, 0.05) is 0 Å². The van der Waals surface area contributed by atoms with Gasteiger partial charge in [-0.2, -0.15) is 5.10 Å². The maximum atomic E-state index is 12.6. The number of amides is 1. The molecule has 0 saturated heterocycles. The number of hydrogen-bond acceptors (Lipinski definition) is 7. The summed E-state index contributed by atoms with van der Waals surface area (Å²) in [6.07, 6.45) is 3.88. The van der Waals surface area contributed by atoms with Gasteiger partial charge in [-0.25, -0.2) is 10.2 Å². The maximum Gasteiger partial charge on any atom is 0.343 e. The lowest BCUT2D eigenvalue weighted by Crippen LogP contribution is -2.24. The van der Waals surface area contributed by atoms with Crippen molar-refractivity contribution in [3.63, 3.8) is 0 Å². The van der Waals surface area contributed by atoms with Gasteiger partial charge in [-0.15, -0.1) is 6.58 Å². The normalized spacial score (nSPS) is 10.5. The molecule has 3 aromatic carbocycles. The molecule has 0 aliphatic carbocycles. The second kappa shape index (κ2) is 14.1. The Bertz CT molecular complexity index is 1240. The van der Waals surface area contributed by atoms with Crippen molar-refractivity contribution < 1.29 is 28.5 Å². The zero-order valence-corrected chi connectivity index (χ0v) is 20.9. The van der Waals surface area contributed by atoms with Crippen LogP contribution in [0.4, 0.5) is 0 Å². The topological polar surface area (TPSA) is 95.5 Å². The van der Waals surface area contributed by atoms with Gasteiger partial charge in [0.15, 0.2) is 18.1 Å². The molecule has 3 rings (SSSR count). The molecule has 0 aromatic heterocycles. The fraction of sp³-hybridized carbons (Fsp3) is 0.207. The van der Waals surface area contributed by atoms with Gasteiger partial charge in [-0.05, 0) is 79.9 Å². The van der Waals surface area contributed by atoms with E-state index in [1.807, 2.05) is 32.0 Å². The smallest absolute Gasteiger partial charge is 0.343 e. The summed E-state index contributed by atoms with van der Waals surface area (Å²) in [5.74, 6) is 1.02. The minimum absolute atomic E-state index is 0.184. The van der Waals surface area contributed by atoms with Crippen LogP contribution in [0.3, 0.4) is 0 Å². The van der Waals surface area contributed by atoms with Crippen LogP contribution in [0, 0.1) is 0 Å². The van der Waals surface area contributed by atoms with Crippen molar-refractivity contribution in [1.82, 2.24) is 5.43 Å². The highest BCUT2D eigenvalue weighted by Gasteiger charge is 2.14. The van der Waals surface area contributed by atoms with Gasteiger partial charge in [0.1, 0.15) is 11.5 Å². The largest absolute Gasteiger partial charge is 0.494 e. The van der Waals surface area contributed by atoms with E-state index < -0.39 is 11.9 Å². The predicted octanol–water partition coefficient (Wildman–Crippen LogP) is 4.96. The monoisotopic (exact) mass is 502 g/mol. The number of benzene rings is 3. The highest BCUT2D eigenvalue weighted by molar-refractivity contribution is 5.92. The lowest BCUT2D eigenvalue weighted by Gasteiger charge is -2.12. The SMILES string of the molecule is C=CCc1ccccc1OCC(=O)NN=Cc1ccc(OC(=O)c2ccc(OCC)cc2)c(OCC)c1. The van der Waals surface area contributed by atoms with Crippen molar-refractivity contribution in [2.24, 2.45) is 5.10 Å². The van der Waals surface area contributed by atoms with Crippen LogP contribution in [0.1, 0.15) is 35.3 Å². The summed E-state index contributed by atoms with van der Waals surface area (Å²) in [6.45, 7) is 8.17. The summed E-state index contributed by atoms with van der Waals surface area (Å²) < 4.78 is 22.2. The number of ether oxygens (including phenoxy) is 4.